The number of benzene rings is 2. The Morgan fingerprint density at radius 1 is 1.07 bits per heavy atom. The van der Waals surface area contributed by atoms with Crippen molar-refractivity contribution in [3.05, 3.63) is 86.8 Å². The van der Waals surface area contributed by atoms with Gasteiger partial charge in [0.1, 0.15) is 19.1 Å². The van der Waals surface area contributed by atoms with E-state index in [2.05, 4.69) is 9.97 Å². The number of aryl methyl sites for hydroxylation is 1. The minimum Gasteiger partial charge on any atom is -0.485 e. The third-order valence-electron chi connectivity index (χ3n) is 7.24. The highest BCUT2D eigenvalue weighted by Crippen LogP contribution is 2.26. The quantitative estimate of drug-likeness (QED) is 0.297. The van der Waals surface area contributed by atoms with Gasteiger partial charge in [0, 0.05) is 42.1 Å². The number of fused-ring (bicyclic) bond motifs is 1. The first-order valence-electron chi connectivity index (χ1n) is 13.1. The number of rotatable bonds is 9. The Morgan fingerprint density at radius 2 is 1.80 bits per heavy atom. The summed E-state index contributed by atoms with van der Waals surface area (Å²) in [6.07, 6.45) is 2.17. The maximum Gasteiger partial charge on any atom is 0.332 e. The van der Waals surface area contributed by atoms with Crippen LogP contribution in [0.4, 0.5) is 8.78 Å². The Balaban J connectivity index is 1.60. The summed E-state index contributed by atoms with van der Waals surface area (Å²) >= 11 is 0. The van der Waals surface area contributed by atoms with Crippen molar-refractivity contribution in [2.75, 3.05) is 26.4 Å². The van der Waals surface area contributed by atoms with Gasteiger partial charge >= 0.3 is 5.69 Å². The van der Waals surface area contributed by atoms with Crippen LogP contribution in [0.3, 0.4) is 0 Å². The first-order valence-corrected chi connectivity index (χ1v) is 13.1. The molecule has 9 nitrogen and oxygen atoms in total. The van der Waals surface area contributed by atoms with E-state index in [1.165, 1.54) is 12.1 Å². The molecule has 208 valence electrons. The summed E-state index contributed by atoms with van der Waals surface area (Å²) in [4.78, 5) is 49.5. The number of hydrogen-bond acceptors (Lipinski definition) is 6. The molecular weight excluding hydrogens is 520 g/mol. The zero-order valence-electron chi connectivity index (χ0n) is 22.0. The lowest BCUT2D eigenvalue weighted by Gasteiger charge is -2.31. The highest BCUT2D eigenvalue weighted by molar-refractivity contribution is 5.80. The molecule has 1 saturated heterocycles. The van der Waals surface area contributed by atoms with Gasteiger partial charge in [0.15, 0.2) is 11.9 Å². The number of amides is 1. The smallest absolute Gasteiger partial charge is 0.332 e. The van der Waals surface area contributed by atoms with E-state index < -0.39 is 30.7 Å². The van der Waals surface area contributed by atoms with Crippen LogP contribution in [0.2, 0.25) is 0 Å². The van der Waals surface area contributed by atoms with Gasteiger partial charge in [0.25, 0.3) is 5.56 Å². The normalized spacial score (nSPS) is 14.2. The summed E-state index contributed by atoms with van der Waals surface area (Å²) in [7, 11) is 0. The maximum atomic E-state index is 13.9. The van der Waals surface area contributed by atoms with E-state index in [4.69, 9.17) is 4.74 Å². The topological polar surface area (TPSA) is 99.3 Å². The van der Waals surface area contributed by atoms with E-state index in [1.54, 1.807) is 28.7 Å². The first kappa shape index (κ1) is 27.2. The Hall–Kier alpha value is -4.41. The molecule has 1 fully saturated rings. The van der Waals surface area contributed by atoms with E-state index in [-0.39, 0.29) is 23.7 Å². The average Bonchev–Trinajstić information content (AvgIpc) is 2.99. The van der Waals surface area contributed by atoms with Gasteiger partial charge in [-0.2, -0.15) is 0 Å². The molecule has 0 unspecified atom stereocenters. The highest BCUT2D eigenvalue weighted by atomic mass is 19.1. The number of ether oxygens (including phenoxy) is 1. The van der Waals surface area contributed by atoms with Crippen LogP contribution in [0.5, 0.6) is 5.75 Å². The van der Waals surface area contributed by atoms with E-state index in [0.29, 0.717) is 48.5 Å². The van der Waals surface area contributed by atoms with Crippen molar-refractivity contribution in [3.8, 4) is 17.1 Å². The van der Waals surface area contributed by atoms with E-state index in [1.807, 2.05) is 30.3 Å². The van der Waals surface area contributed by atoms with Crippen LogP contribution in [0.15, 0.2) is 64.3 Å². The lowest BCUT2D eigenvalue weighted by atomic mass is 10.0. The van der Waals surface area contributed by atoms with Crippen LogP contribution < -0.4 is 16.0 Å². The molecule has 0 saturated carbocycles. The SMILES string of the molecule is Cc1nc(-c2ccccc2)ncc1Cn1c(=O)c2cc(OC(CF)CF)ccc2n(C2CCN(C=O)CC2)c1=O. The molecule has 0 radical (unpaired) electrons. The molecule has 0 atom stereocenters. The van der Waals surface area contributed by atoms with Crippen LogP contribution in [0, 0.1) is 6.92 Å². The maximum absolute atomic E-state index is 13.9. The van der Waals surface area contributed by atoms with Crippen molar-refractivity contribution in [2.24, 2.45) is 0 Å². The van der Waals surface area contributed by atoms with Crippen LogP contribution in [0.25, 0.3) is 22.3 Å². The van der Waals surface area contributed by atoms with Crippen molar-refractivity contribution in [1.82, 2.24) is 24.0 Å². The predicted octanol–water partition coefficient (Wildman–Crippen LogP) is 3.46. The zero-order chi connectivity index (χ0) is 28.2. The van der Waals surface area contributed by atoms with E-state index in [9.17, 15) is 23.2 Å². The number of hydrogen-bond donors (Lipinski definition) is 0. The lowest BCUT2D eigenvalue weighted by molar-refractivity contribution is -0.119. The van der Waals surface area contributed by atoms with E-state index in [0.717, 1.165) is 16.5 Å². The predicted molar refractivity (Wildman–Crippen MR) is 146 cm³/mol. The highest BCUT2D eigenvalue weighted by Gasteiger charge is 2.25. The van der Waals surface area contributed by atoms with Crippen molar-refractivity contribution in [2.45, 2.75) is 38.5 Å². The molecule has 1 aliphatic heterocycles. The molecule has 0 aliphatic carbocycles. The summed E-state index contributed by atoms with van der Waals surface area (Å²) in [5.41, 5.74) is 1.41. The van der Waals surface area contributed by atoms with Crippen LogP contribution in [0.1, 0.15) is 30.1 Å². The fourth-order valence-electron chi connectivity index (χ4n) is 5.02. The van der Waals surface area contributed by atoms with Gasteiger partial charge in [-0.1, -0.05) is 30.3 Å². The van der Waals surface area contributed by atoms with Crippen LogP contribution >= 0.6 is 0 Å². The number of aromatic nitrogens is 4. The molecule has 2 aromatic heterocycles. The van der Waals surface area contributed by atoms with Crippen molar-refractivity contribution >= 4 is 17.3 Å². The second-order valence-electron chi connectivity index (χ2n) is 9.81. The third-order valence-corrected chi connectivity index (χ3v) is 7.24. The molecule has 1 amide bonds. The molecule has 0 bridgehead atoms. The summed E-state index contributed by atoms with van der Waals surface area (Å²) in [6, 6.07) is 13.7. The Bertz CT molecular complexity index is 1630. The number of halogens is 2. The second kappa shape index (κ2) is 11.8. The summed E-state index contributed by atoms with van der Waals surface area (Å²) in [5.74, 6) is 0.660. The number of nitrogens with zero attached hydrogens (tertiary/aromatic N) is 5. The molecule has 40 heavy (non-hydrogen) atoms. The minimum atomic E-state index is -1.29. The van der Waals surface area contributed by atoms with Crippen LogP contribution in [-0.2, 0) is 11.3 Å². The van der Waals surface area contributed by atoms with Gasteiger partial charge in [0.2, 0.25) is 6.41 Å². The number of piperidine rings is 1. The Labute approximate surface area is 228 Å². The molecule has 3 heterocycles. The standard InChI is InChI=1S/C29H29F2N5O4/c1-19-21(16-32-27(33-19)20-5-3-2-4-6-20)17-35-28(38)25-13-23(40-24(14-30)15-31)7-8-26(25)36(29(35)39)22-9-11-34(18-37)12-10-22/h2-8,13,16,18,22,24H,9-12,14-15,17H2,1H3. The number of alkyl halides is 2. The van der Waals surface area contributed by atoms with Gasteiger partial charge < -0.3 is 9.64 Å². The number of carbonyl (C=O) groups excluding carboxylic acids is 1. The molecule has 0 spiro atoms. The minimum absolute atomic E-state index is 0.0651. The largest absolute Gasteiger partial charge is 0.485 e. The number of likely N-dealkylation sites (tertiary alicyclic amines) is 1. The van der Waals surface area contributed by atoms with Crippen molar-refractivity contribution in [3.63, 3.8) is 0 Å². The average molecular weight is 550 g/mol. The zero-order valence-corrected chi connectivity index (χ0v) is 22.0. The third kappa shape index (κ3) is 5.36. The van der Waals surface area contributed by atoms with Crippen molar-refractivity contribution in [1.29, 1.82) is 0 Å². The van der Waals surface area contributed by atoms with Gasteiger partial charge in [-0.25, -0.2) is 23.5 Å². The molecule has 4 aromatic rings. The van der Waals surface area contributed by atoms with Gasteiger partial charge in [-0.15, -0.1) is 0 Å². The molecule has 2 aromatic carbocycles. The van der Waals surface area contributed by atoms with Crippen LogP contribution in [-0.4, -0.2) is 63.0 Å². The summed E-state index contributed by atoms with van der Waals surface area (Å²) < 4.78 is 34.4. The molecule has 1 aliphatic rings. The molecule has 5 rings (SSSR count). The van der Waals surface area contributed by atoms with Gasteiger partial charge in [0.05, 0.1) is 17.4 Å². The van der Waals surface area contributed by atoms with E-state index >= 15 is 0 Å². The monoisotopic (exact) mass is 549 g/mol. The fraction of sp³-hybridized carbons (Fsp3) is 0.345. The molecule has 11 heteroatoms. The number of carbonyl (C=O) groups is 1. The van der Waals surface area contributed by atoms with Gasteiger partial charge in [-0.05, 0) is 38.0 Å². The molecular formula is C29H29F2N5O4. The lowest BCUT2D eigenvalue weighted by Crippen LogP contribution is -2.44. The Kier molecular flexibility index (Phi) is 7.99. The summed E-state index contributed by atoms with van der Waals surface area (Å²) in [6.45, 7) is 0.640. The summed E-state index contributed by atoms with van der Waals surface area (Å²) in [5, 5.41) is 0.186. The van der Waals surface area contributed by atoms with Gasteiger partial charge in [-0.3, -0.25) is 18.7 Å². The van der Waals surface area contributed by atoms with Crippen molar-refractivity contribution < 1.29 is 18.3 Å². The first-order chi connectivity index (χ1) is 19.4. The Morgan fingerprint density at radius 3 is 2.45 bits per heavy atom. The fourth-order valence-corrected chi connectivity index (χ4v) is 5.02. The molecule has 0 N–H and O–H groups in total. The second-order valence-corrected chi connectivity index (χ2v) is 9.81.